The van der Waals surface area contributed by atoms with E-state index in [-0.39, 0.29) is 40.5 Å². The molecule has 0 saturated carbocycles. The molecule has 0 heterocycles. The quantitative estimate of drug-likeness (QED) is 0.362. The van der Waals surface area contributed by atoms with Crippen LogP contribution in [0.3, 0.4) is 0 Å². The number of rotatable bonds is 0. The van der Waals surface area contributed by atoms with Gasteiger partial charge < -0.3 is 40.5 Å². The summed E-state index contributed by atoms with van der Waals surface area (Å²) in [7, 11) is 0. The van der Waals surface area contributed by atoms with Gasteiger partial charge in [-0.15, -0.1) is 0 Å². The Balaban J connectivity index is 0. The van der Waals surface area contributed by atoms with E-state index >= 15 is 0 Å². The SMILES string of the molecule is [Md+3].[Md+3].[S-2].[S-2].[S-2]. The van der Waals surface area contributed by atoms with Crippen molar-refractivity contribution in [2.45, 2.75) is 0 Å². The second-order valence-corrected chi connectivity index (χ2v) is 0. The second-order valence-electron chi connectivity index (χ2n) is 0. The van der Waals surface area contributed by atoms with E-state index in [1.165, 1.54) is 0 Å². The van der Waals surface area contributed by atoms with Crippen molar-refractivity contribution in [2.24, 2.45) is 0 Å². The Labute approximate surface area is 40.9 Å². The van der Waals surface area contributed by atoms with E-state index in [2.05, 4.69) is 0 Å². The normalized spacial score (nSPS) is 0. The van der Waals surface area contributed by atoms with E-state index in [1.54, 1.807) is 0 Å². The van der Waals surface area contributed by atoms with E-state index in [0.717, 1.165) is 0 Å². The molecule has 0 radical (unpaired) electrons. The first-order chi connectivity index (χ1) is 0. The first kappa shape index (κ1) is 41.7. The standard InChI is InChI=1S/2Md.3S/q2*+3;3*-2. The van der Waals surface area contributed by atoms with E-state index in [1.807, 2.05) is 0 Å². The average molecular weight is 612 g/mol. The Hall–Kier alpha value is -0.950. The summed E-state index contributed by atoms with van der Waals surface area (Å²) in [4.78, 5) is 0. The van der Waals surface area contributed by atoms with Gasteiger partial charge in [0.15, 0.2) is 0 Å². The Morgan fingerprint density at radius 3 is 0.400 bits per heavy atom. The minimum atomic E-state index is 0. The third kappa shape index (κ3) is 3.73. The van der Waals surface area contributed by atoms with Crippen molar-refractivity contribution in [2.75, 3.05) is 0 Å². The van der Waals surface area contributed by atoms with Crippen LogP contribution in [0.4, 0.5) is 0 Å². The molecule has 0 unspecified atom stereocenters. The van der Waals surface area contributed by atoms with Crippen LogP contribution in [0.25, 0.3) is 0 Å². The van der Waals surface area contributed by atoms with Crippen molar-refractivity contribution >= 4 is 40.5 Å². The fourth-order valence-corrected chi connectivity index (χ4v) is 0. The van der Waals surface area contributed by atoms with Crippen molar-refractivity contribution in [3.63, 3.8) is 0 Å². The molecule has 0 aromatic rings. The van der Waals surface area contributed by atoms with Crippen molar-refractivity contribution in [1.82, 2.24) is 0 Å². The molecular weight excluding hydrogens is 612 g/mol. The van der Waals surface area contributed by atoms with Gasteiger partial charge in [0.2, 0.25) is 0 Å². The molecule has 0 aliphatic rings. The third-order valence-corrected chi connectivity index (χ3v) is 0. The molecule has 0 rings (SSSR count). The molecule has 5 heavy (non-hydrogen) atoms. The smallest absolute Gasteiger partial charge is 2.00 e. The van der Waals surface area contributed by atoms with Gasteiger partial charge in [-0.1, -0.05) is 0 Å². The molecule has 0 nitrogen and oxygen atoms in total. The van der Waals surface area contributed by atoms with Gasteiger partial charge in [0.1, 0.15) is 0 Å². The van der Waals surface area contributed by atoms with Gasteiger partial charge in [-0.25, -0.2) is 0 Å². The Bertz CT molecular complexity index is 4.85. The van der Waals surface area contributed by atoms with Crippen LogP contribution in [-0.2, 0) is 40.5 Å². The minimum Gasteiger partial charge on any atom is -2.00 e. The fraction of sp³-hybridized carbons (Fsp3) is 0. The Kier molecular flexibility index (Phi) is 119. The predicted molar refractivity (Wildman–Crippen MR) is 22.1 cm³/mol. The van der Waals surface area contributed by atoms with Crippen molar-refractivity contribution in [1.29, 1.82) is 0 Å². The zero-order valence-electron chi connectivity index (χ0n) is 1.78. The van der Waals surface area contributed by atoms with Crippen LogP contribution in [0.1, 0.15) is 0 Å². The Morgan fingerprint density at radius 1 is 0.400 bits per heavy atom. The van der Waals surface area contributed by atoms with E-state index < -0.39 is 0 Å². The van der Waals surface area contributed by atoms with Gasteiger partial charge in [-0.3, -0.25) is 0 Å². The van der Waals surface area contributed by atoms with Crippen LogP contribution in [0.15, 0.2) is 0 Å². The molecule has 0 amide bonds. The molecule has 0 aromatic carbocycles. The molecule has 0 aliphatic carbocycles. The van der Waals surface area contributed by atoms with Crippen LogP contribution < -0.4 is 0 Å². The summed E-state index contributed by atoms with van der Waals surface area (Å²) in [6.45, 7) is 0. The molecule has 0 saturated heterocycles. The molecule has 5 heteroatoms. The molecular formula is Md2S3. The number of hydrogen-bond acceptors (Lipinski definition) is 0. The monoisotopic (exact) mass is 612 g/mol. The fourth-order valence-electron chi connectivity index (χ4n) is 0. The summed E-state index contributed by atoms with van der Waals surface area (Å²) < 4.78 is 0. The maximum atomic E-state index is 0. The molecule has 0 spiro atoms. The van der Waals surface area contributed by atoms with Crippen molar-refractivity contribution in [3.8, 4) is 0 Å². The largest absolute Gasteiger partial charge is 3.00 e. The van der Waals surface area contributed by atoms with Gasteiger partial charge in [-0.2, -0.15) is 0 Å². The van der Waals surface area contributed by atoms with Gasteiger partial charge in [-0.05, 0) is 0 Å². The van der Waals surface area contributed by atoms with Crippen LogP contribution in [0.2, 0.25) is 0 Å². The summed E-state index contributed by atoms with van der Waals surface area (Å²) in [6, 6.07) is 0. The maximum Gasteiger partial charge on any atom is 3.00 e. The number of hydrogen-bond donors (Lipinski definition) is 0. The summed E-state index contributed by atoms with van der Waals surface area (Å²) in [5.74, 6) is 0. The molecule has 0 N–H and O–H groups in total. The van der Waals surface area contributed by atoms with Crippen molar-refractivity contribution in [3.05, 3.63) is 0 Å². The summed E-state index contributed by atoms with van der Waals surface area (Å²) in [5.41, 5.74) is 0. The van der Waals surface area contributed by atoms with Crippen LogP contribution in [0, 0.1) is 0 Å². The van der Waals surface area contributed by atoms with Crippen LogP contribution >= 0.6 is 0 Å². The summed E-state index contributed by atoms with van der Waals surface area (Å²) in [6.07, 6.45) is 0. The molecule has 0 aromatic heterocycles. The topological polar surface area (TPSA) is 0 Å². The second kappa shape index (κ2) is 14.2. The summed E-state index contributed by atoms with van der Waals surface area (Å²) in [5, 5.41) is 0. The maximum absolute atomic E-state index is 0. The molecule has 0 atom stereocenters. The minimum absolute atomic E-state index is 0. The molecule has 0 fully saturated rings. The van der Waals surface area contributed by atoms with Gasteiger partial charge in [0.25, 0.3) is 0 Å². The van der Waals surface area contributed by atoms with E-state index in [9.17, 15) is 0 Å². The van der Waals surface area contributed by atoms with Gasteiger partial charge in [0, 0.05) is 0 Å². The zero-order chi connectivity index (χ0) is 0. The first-order valence-corrected chi connectivity index (χ1v) is 0. The summed E-state index contributed by atoms with van der Waals surface area (Å²) >= 11 is 0. The Morgan fingerprint density at radius 2 is 0.400 bits per heavy atom. The molecule has 0 bridgehead atoms. The van der Waals surface area contributed by atoms with Crippen molar-refractivity contribution < 1.29 is 0 Å². The third-order valence-electron chi connectivity index (χ3n) is 0. The molecule has 44 valence electrons. The predicted octanol–water partition coefficient (Wildman–Crippen LogP) is -0.00720. The van der Waals surface area contributed by atoms with Gasteiger partial charge in [0.05, 0.1) is 0 Å². The van der Waals surface area contributed by atoms with Gasteiger partial charge >= 0.3 is 0 Å². The average Bonchev–Trinajstić information content (AvgIpc) is 0. The first-order valence-electron chi connectivity index (χ1n) is 0. The molecule has 0 aliphatic heterocycles. The van der Waals surface area contributed by atoms with Crippen LogP contribution in [0.5, 0.6) is 0 Å². The zero-order valence-corrected chi connectivity index (χ0v) is 8.85. The van der Waals surface area contributed by atoms with Crippen LogP contribution in [-0.4, -0.2) is 0 Å². The van der Waals surface area contributed by atoms with E-state index in [0.29, 0.717) is 0 Å². The van der Waals surface area contributed by atoms with E-state index in [4.69, 9.17) is 0 Å².